The summed E-state index contributed by atoms with van der Waals surface area (Å²) in [6.45, 7) is 2.86. The van der Waals surface area contributed by atoms with Crippen molar-refractivity contribution in [2.75, 3.05) is 6.61 Å². The number of hydrogen-bond acceptors (Lipinski definition) is 2. The lowest BCUT2D eigenvalue weighted by atomic mass is 9.74. The Morgan fingerprint density at radius 3 is 2.53 bits per heavy atom. The maximum Gasteiger partial charge on any atom is 0.126 e. The molecule has 0 spiro atoms. The van der Waals surface area contributed by atoms with Crippen LogP contribution in [0.5, 0.6) is 0 Å². The Kier molecular flexibility index (Phi) is 3.85. The second-order valence-corrected chi connectivity index (χ2v) is 5.80. The minimum Gasteiger partial charge on any atom is -0.378 e. The zero-order chi connectivity index (χ0) is 13.2. The van der Waals surface area contributed by atoms with Crippen LogP contribution in [0.1, 0.15) is 44.1 Å². The summed E-state index contributed by atoms with van der Waals surface area (Å²) in [4.78, 5) is 0. The van der Waals surface area contributed by atoms with Crippen molar-refractivity contribution in [1.29, 1.82) is 0 Å². The van der Waals surface area contributed by atoms with Crippen molar-refractivity contribution in [1.82, 2.24) is 5.32 Å². The van der Waals surface area contributed by atoms with Gasteiger partial charge in [-0.05, 0) is 50.2 Å². The molecule has 2 aliphatic rings. The molecule has 1 N–H and O–H groups in total. The molecular formula is C16H22FNO. The van der Waals surface area contributed by atoms with Gasteiger partial charge in [0.15, 0.2) is 0 Å². The number of nitrogens with one attached hydrogen (secondary N) is 1. The molecule has 3 heteroatoms. The Morgan fingerprint density at radius 2 is 1.84 bits per heavy atom. The molecule has 3 rings (SSSR count). The van der Waals surface area contributed by atoms with E-state index in [1.165, 1.54) is 0 Å². The molecule has 2 saturated carbocycles. The van der Waals surface area contributed by atoms with E-state index >= 15 is 0 Å². The van der Waals surface area contributed by atoms with Gasteiger partial charge < -0.3 is 10.1 Å². The molecule has 0 aromatic heterocycles. The molecule has 0 bridgehead atoms. The summed E-state index contributed by atoms with van der Waals surface area (Å²) in [5.41, 5.74) is 0.890. The summed E-state index contributed by atoms with van der Waals surface area (Å²) in [6, 6.07) is 8.35. The van der Waals surface area contributed by atoms with Crippen LogP contribution in [0.25, 0.3) is 0 Å². The standard InChI is InChI=1S/C16H22FNO/c1-2-19-14-9-13(10-14)18-12-7-11(8-12)15-5-3-4-6-16(15)17/h3-6,11-14,18H,2,7-10H2,1H3. The zero-order valence-corrected chi connectivity index (χ0v) is 11.4. The van der Waals surface area contributed by atoms with E-state index in [9.17, 15) is 4.39 Å². The lowest BCUT2D eigenvalue weighted by Gasteiger charge is -2.43. The average molecular weight is 263 g/mol. The second-order valence-electron chi connectivity index (χ2n) is 5.80. The van der Waals surface area contributed by atoms with Gasteiger partial charge in [-0.25, -0.2) is 4.39 Å². The first-order valence-corrected chi connectivity index (χ1v) is 7.38. The van der Waals surface area contributed by atoms with Crippen LogP contribution >= 0.6 is 0 Å². The topological polar surface area (TPSA) is 21.3 Å². The Balaban J connectivity index is 1.41. The highest BCUT2D eigenvalue weighted by atomic mass is 19.1. The fourth-order valence-corrected chi connectivity index (χ4v) is 3.22. The summed E-state index contributed by atoms with van der Waals surface area (Å²) < 4.78 is 19.2. The third kappa shape index (κ3) is 2.82. The van der Waals surface area contributed by atoms with E-state index in [0.717, 1.165) is 37.9 Å². The van der Waals surface area contributed by atoms with Gasteiger partial charge in [-0.3, -0.25) is 0 Å². The van der Waals surface area contributed by atoms with Gasteiger partial charge >= 0.3 is 0 Å². The van der Waals surface area contributed by atoms with Gasteiger partial charge in [0, 0.05) is 18.7 Å². The highest BCUT2D eigenvalue weighted by Gasteiger charge is 2.36. The largest absolute Gasteiger partial charge is 0.378 e. The van der Waals surface area contributed by atoms with E-state index < -0.39 is 0 Å². The van der Waals surface area contributed by atoms with Crippen LogP contribution in [0.2, 0.25) is 0 Å². The van der Waals surface area contributed by atoms with Crippen molar-refractivity contribution in [2.24, 2.45) is 0 Å². The maximum atomic E-state index is 13.6. The van der Waals surface area contributed by atoms with Gasteiger partial charge in [-0.2, -0.15) is 0 Å². The quantitative estimate of drug-likeness (QED) is 0.880. The summed E-state index contributed by atoms with van der Waals surface area (Å²) >= 11 is 0. The van der Waals surface area contributed by atoms with Gasteiger partial charge in [-0.1, -0.05) is 18.2 Å². The molecule has 0 atom stereocenters. The van der Waals surface area contributed by atoms with Crippen molar-refractivity contribution in [2.45, 2.75) is 56.7 Å². The molecular weight excluding hydrogens is 241 g/mol. The lowest BCUT2D eigenvalue weighted by molar-refractivity contribution is -0.0154. The Bertz CT molecular complexity index is 425. The molecule has 0 saturated heterocycles. The Labute approximate surface area is 114 Å². The normalized spacial score (nSPS) is 33.6. The molecule has 0 aliphatic heterocycles. The fourth-order valence-electron chi connectivity index (χ4n) is 3.22. The zero-order valence-electron chi connectivity index (χ0n) is 11.4. The lowest BCUT2D eigenvalue weighted by Crippen LogP contribution is -2.52. The molecule has 0 heterocycles. The van der Waals surface area contributed by atoms with Gasteiger partial charge in [0.1, 0.15) is 5.82 Å². The second kappa shape index (κ2) is 5.59. The SMILES string of the molecule is CCOC1CC(NC2CC(c3ccccc3F)C2)C1. The fraction of sp³-hybridized carbons (Fsp3) is 0.625. The number of rotatable bonds is 5. The highest BCUT2D eigenvalue weighted by molar-refractivity contribution is 5.24. The molecule has 104 valence electrons. The van der Waals surface area contributed by atoms with Crippen molar-refractivity contribution in [3.8, 4) is 0 Å². The third-order valence-electron chi connectivity index (χ3n) is 4.45. The van der Waals surface area contributed by atoms with Crippen LogP contribution in [-0.4, -0.2) is 24.8 Å². The van der Waals surface area contributed by atoms with Crippen molar-refractivity contribution < 1.29 is 9.13 Å². The van der Waals surface area contributed by atoms with Gasteiger partial charge in [-0.15, -0.1) is 0 Å². The summed E-state index contributed by atoms with van der Waals surface area (Å²) in [6.07, 6.45) is 4.86. The number of ether oxygens (including phenoxy) is 1. The maximum absolute atomic E-state index is 13.6. The highest BCUT2D eigenvalue weighted by Crippen LogP contribution is 2.39. The Morgan fingerprint density at radius 1 is 1.16 bits per heavy atom. The van der Waals surface area contributed by atoms with Crippen LogP contribution in [-0.2, 0) is 4.74 Å². The van der Waals surface area contributed by atoms with E-state index in [1.807, 2.05) is 19.1 Å². The van der Waals surface area contributed by atoms with E-state index in [0.29, 0.717) is 24.1 Å². The summed E-state index contributed by atoms with van der Waals surface area (Å²) in [7, 11) is 0. The molecule has 2 fully saturated rings. The number of halogens is 1. The molecule has 0 amide bonds. The minimum absolute atomic E-state index is 0.0500. The molecule has 1 aromatic rings. The van der Waals surface area contributed by atoms with Gasteiger partial charge in [0.05, 0.1) is 6.10 Å². The van der Waals surface area contributed by atoms with Gasteiger partial charge in [0.2, 0.25) is 0 Å². The molecule has 1 aromatic carbocycles. The van der Waals surface area contributed by atoms with Crippen LogP contribution in [0.15, 0.2) is 24.3 Å². The van der Waals surface area contributed by atoms with E-state index in [4.69, 9.17) is 4.74 Å². The Hall–Kier alpha value is -0.930. The molecule has 2 aliphatic carbocycles. The first-order valence-electron chi connectivity index (χ1n) is 7.38. The van der Waals surface area contributed by atoms with Crippen molar-refractivity contribution in [3.05, 3.63) is 35.6 Å². The van der Waals surface area contributed by atoms with Gasteiger partial charge in [0.25, 0.3) is 0 Å². The van der Waals surface area contributed by atoms with E-state index in [1.54, 1.807) is 12.1 Å². The summed E-state index contributed by atoms with van der Waals surface area (Å²) in [5.74, 6) is 0.354. The molecule has 0 radical (unpaired) electrons. The molecule has 19 heavy (non-hydrogen) atoms. The molecule has 0 unspecified atom stereocenters. The van der Waals surface area contributed by atoms with E-state index in [-0.39, 0.29) is 5.82 Å². The van der Waals surface area contributed by atoms with E-state index in [2.05, 4.69) is 5.32 Å². The van der Waals surface area contributed by atoms with Crippen LogP contribution in [0, 0.1) is 5.82 Å². The van der Waals surface area contributed by atoms with Crippen LogP contribution in [0.3, 0.4) is 0 Å². The first-order chi connectivity index (χ1) is 9.26. The minimum atomic E-state index is -0.0500. The number of hydrogen-bond donors (Lipinski definition) is 1. The van der Waals surface area contributed by atoms with Crippen LogP contribution in [0.4, 0.5) is 4.39 Å². The average Bonchev–Trinajstić information content (AvgIpc) is 2.31. The number of benzene rings is 1. The third-order valence-corrected chi connectivity index (χ3v) is 4.45. The predicted octanol–water partition coefficient (Wildman–Crippen LogP) is 3.23. The summed E-state index contributed by atoms with van der Waals surface area (Å²) in [5, 5.41) is 3.66. The first kappa shape index (κ1) is 13.1. The van der Waals surface area contributed by atoms with Crippen molar-refractivity contribution in [3.63, 3.8) is 0 Å². The predicted molar refractivity (Wildman–Crippen MR) is 73.7 cm³/mol. The smallest absolute Gasteiger partial charge is 0.126 e. The molecule has 2 nitrogen and oxygen atoms in total. The van der Waals surface area contributed by atoms with Crippen molar-refractivity contribution >= 4 is 0 Å². The monoisotopic (exact) mass is 263 g/mol. The van der Waals surface area contributed by atoms with Crippen LogP contribution < -0.4 is 5.32 Å².